The van der Waals surface area contributed by atoms with E-state index in [2.05, 4.69) is 5.10 Å². The SMILES string of the molecule is CC(C)OCCN(C)C(N)=NN. The van der Waals surface area contributed by atoms with Crippen molar-refractivity contribution in [1.82, 2.24) is 4.90 Å². The number of nitrogens with zero attached hydrogens (tertiary/aromatic N) is 2. The Morgan fingerprint density at radius 2 is 2.17 bits per heavy atom. The van der Waals surface area contributed by atoms with Crippen LogP contribution in [0, 0.1) is 0 Å². The molecule has 0 saturated carbocycles. The molecule has 72 valence electrons. The van der Waals surface area contributed by atoms with Gasteiger partial charge in [-0.1, -0.05) is 0 Å². The van der Waals surface area contributed by atoms with Crippen LogP contribution in [0.3, 0.4) is 0 Å². The highest BCUT2D eigenvalue weighted by Crippen LogP contribution is 1.88. The molecule has 0 rings (SSSR count). The normalized spacial score (nSPS) is 12.2. The van der Waals surface area contributed by atoms with E-state index in [1.807, 2.05) is 20.9 Å². The maximum atomic E-state index is 5.43. The van der Waals surface area contributed by atoms with E-state index in [9.17, 15) is 0 Å². The van der Waals surface area contributed by atoms with Crippen molar-refractivity contribution in [1.29, 1.82) is 0 Å². The maximum Gasteiger partial charge on any atom is 0.213 e. The zero-order valence-corrected chi connectivity index (χ0v) is 7.95. The van der Waals surface area contributed by atoms with Gasteiger partial charge in [0.1, 0.15) is 0 Å². The summed E-state index contributed by atoms with van der Waals surface area (Å²) in [4.78, 5) is 1.74. The summed E-state index contributed by atoms with van der Waals surface area (Å²) in [5.41, 5.74) is 5.43. The molecule has 0 aromatic heterocycles. The van der Waals surface area contributed by atoms with Crippen LogP contribution in [0.2, 0.25) is 0 Å². The zero-order chi connectivity index (χ0) is 9.56. The van der Waals surface area contributed by atoms with E-state index < -0.39 is 0 Å². The van der Waals surface area contributed by atoms with E-state index in [0.29, 0.717) is 19.1 Å². The third-order valence-electron chi connectivity index (χ3n) is 1.40. The second-order valence-electron chi connectivity index (χ2n) is 2.83. The van der Waals surface area contributed by atoms with Crippen LogP contribution in [0.5, 0.6) is 0 Å². The van der Waals surface area contributed by atoms with Gasteiger partial charge in [-0.15, -0.1) is 5.10 Å². The highest BCUT2D eigenvalue weighted by Gasteiger charge is 2.00. The van der Waals surface area contributed by atoms with Gasteiger partial charge in [0.05, 0.1) is 12.7 Å². The molecule has 0 fully saturated rings. The van der Waals surface area contributed by atoms with Crippen LogP contribution >= 0.6 is 0 Å². The Bertz CT molecular complexity index is 146. The van der Waals surface area contributed by atoms with Gasteiger partial charge in [-0.3, -0.25) is 0 Å². The number of rotatable bonds is 4. The first-order valence-electron chi connectivity index (χ1n) is 3.94. The van der Waals surface area contributed by atoms with E-state index in [0.717, 1.165) is 0 Å². The van der Waals surface area contributed by atoms with Gasteiger partial charge in [0.25, 0.3) is 0 Å². The van der Waals surface area contributed by atoms with Crippen LogP contribution in [-0.2, 0) is 4.74 Å². The molecule has 0 radical (unpaired) electrons. The summed E-state index contributed by atoms with van der Waals surface area (Å²) in [6, 6.07) is 0. The van der Waals surface area contributed by atoms with Crippen molar-refractivity contribution < 1.29 is 4.74 Å². The summed E-state index contributed by atoms with van der Waals surface area (Å²) in [5.74, 6) is 5.31. The minimum absolute atomic E-state index is 0.245. The fourth-order valence-electron chi connectivity index (χ4n) is 0.638. The van der Waals surface area contributed by atoms with Crippen LogP contribution in [-0.4, -0.2) is 37.2 Å². The predicted molar refractivity (Wildman–Crippen MR) is 49.5 cm³/mol. The van der Waals surface area contributed by atoms with E-state index >= 15 is 0 Å². The van der Waals surface area contributed by atoms with Crippen molar-refractivity contribution in [3.63, 3.8) is 0 Å². The number of likely N-dealkylation sites (N-methyl/N-ethyl adjacent to an activating group) is 1. The van der Waals surface area contributed by atoms with Crippen molar-refractivity contribution in [2.75, 3.05) is 20.2 Å². The number of nitrogens with two attached hydrogens (primary N) is 2. The van der Waals surface area contributed by atoms with Crippen molar-refractivity contribution in [3.05, 3.63) is 0 Å². The summed E-state index contributed by atoms with van der Waals surface area (Å²) in [5, 5.41) is 3.35. The summed E-state index contributed by atoms with van der Waals surface area (Å²) >= 11 is 0. The number of hydrazone groups is 1. The number of hydrogen-bond acceptors (Lipinski definition) is 3. The molecule has 0 heterocycles. The Labute approximate surface area is 73.3 Å². The summed E-state index contributed by atoms with van der Waals surface area (Å²) in [7, 11) is 1.81. The van der Waals surface area contributed by atoms with E-state index in [1.165, 1.54) is 0 Å². The molecule has 0 bridgehead atoms. The molecule has 0 aliphatic heterocycles. The van der Waals surface area contributed by atoms with Crippen molar-refractivity contribution >= 4 is 5.96 Å². The molecule has 0 aromatic carbocycles. The lowest BCUT2D eigenvalue weighted by atomic mass is 10.5. The van der Waals surface area contributed by atoms with Gasteiger partial charge in [-0.05, 0) is 13.8 Å². The van der Waals surface area contributed by atoms with Crippen molar-refractivity contribution in [2.45, 2.75) is 20.0 Å². The average molecular weight is 174 g/mol. The smallest absolute Gasteiger partial charge is 0.213 e. The number of ether oxygens (including phenoxy) is 1. The first-order valence-corrected chi connectivity index (χ1v) is 3.94. The molecule has 5 heteroatoms. The fourth-order valence-corrected chi connectivity index (χ4v) is 0.638. The standard InChI is InChI=1S/C7H18N4O/c1-6(2)12-5-4-11(3)7(8)10-9/h6H,4-5,9H2,1-3H3,(H2,8,10). The Morgan fingerprint density at radius 1 is 1.58 bits per heavy atom. The molecule has 0 amide bonds. The monoisotopic (exact) mass is 174 g/mol. The lowest BCUT2D eigenvalue weighted by molar-refractivity contribution is 0.0723. The van der Waals surface area contributed by atoms with Gasteiger partial charge in [0.15, 0.2) is 0 Å². The second kappa shape index (κ2) is 5.65. The van der Waals surface area contributed by atoms with Gasteiger partial charge in [-0.2, -0.15) is 0 Å². The van der Waals surface area contributed by atoms with Gasteiger partial charge >= 0.3 is 0 Å². The molecule has 0 aliphatic carbocycles. The molecular weight excluding hydrogens is 156 g/mol. The molecule has 0 atom stereocenters. The minimum atomic E-state index is 0.245. The number of hydrogen-bond donors (Lipinski definition) is 2. The summed E-state index contributed by atoms with van der Waals surface area (Å²) in [6.45, 7) is 5.30. The van der Waals surface area contributed by atoms with Gasteiger partial charge in [0.2, 0.25) is 5.96 Å². The lowest BCUT2D eigenvalue weighted by Gasteiger charge is -2.17. The third kappa shape index (κ3) is 4.79. The minimum Gasteiger partial charge on any atom is -0.377 e. The Balaban J connectivity index is 3.51. The predicted octanol–water partition coefficient (Wildman–Crippen LogP) is -0.468. The quantitative estimate of drug-likeness (QED) is 0.261. The molecule has 12 heavy (non-hydrogen) atoms. The van der Waals surface area contributed by atoms with Crippen LogP contribution < -0.4 is 11.6 Å². The molecule has 0 spiro atoms. The first kappa shape index (κ1) is 11.0. The summed E-state index contributed by atoms with van der Waals surface area (Å²) in [6.07, 6.45) is 0.245. The van der Waals surface area contributed by atoms with Crippen molar-refractivity contribution in [2.24, 2.45) is 16.7 Å². The van der Waals surface area contributed by atoms with Gasteiger partial charge < -0.3 is 21.2 Å². The van der Waals surface area contributed by atoms with Crippen molar-refractivity contribution in [3.8, 4) is 0 Å². The largest absolute Gasteiger partial charge is 0.377 e. The molecule has 0 aromatic rings. The van der Waals surface area contributed by atoms with E-state index in [-0.39, 0.29) is 6.10 Å². The second-order valence-corrected chi connectivity index (χ2v) is 2.83. The Kier molecular flexibility index (Phi) is 5.19. The van der Waals surface area contributed by atoms with E-state index in [1.54, 1.807) is 4.90 Å². The topological polar surface area (TPSA) is 76.9 Å². The lowest BCUT2D eigenvalue weighted by Crippen LogP contribution is -2.37. The highest BCUT2D eigenvalue weighted by molar-refractivity contribution is 5.77. The molecule has 0 saturated heterocycles. The van der Waals surface area contributed by atoms with Crippen LogP contribution in [0.15, 0.2) is 5.10 Å². The van der Waals surface area contributed by atoms with Gasteiger partial charge in [0, 0.05) is 13.6 Å². The van der Waals surface area contributed by atoms with E-state index in [4.69, 9.17) is 16.3 Å². The van der Waals surface area contributed by atoms with Crippen LogP contribution in [0.4, 0.5) is 0 Å². The molecule has 5 nitrogen and oxygen atoms in total. The Hall–Kier alpha value is -0.970. The molecular formula is C7H18N4O. The maximum absolute atomic E-state index is 5.43. The third-order valence-corrected chi connectivity index (χ3v) is 1.40. The Morgan fingerprint density at radius 3 is 2.58 bits per heavy atom. The van der Waals surface area contributed by atoms with Gasteiger partial charge in [-0.25, -0.2) is 0 Å². The summed E-state index contributed by atoms with van der Waals surface area (Å²) < 4.78 is 5.31. The fraction of sp³-hybridized carbons (Fsp3) is 0.857. The molecule has 0 aliphatic rings. The average Bonchev–Trinajstić information content (AvgIpc) is 2.02. The first-order chi connectivity index (χ1) is 5.57. The number of guanidine groups is 1. The van der Waals surface area contributed by atoms with Crippen LogP contribution in [0.1, 0.15) is 13.8 Å². The van der Waals surface area contributed by atoms with Crippen LogP contribution in [0.25, 0.3) is 0 Å². The molecule has 0 unspecified atom stereocenters. The zero-order valence-electron chi connectivity index (χ0n) is 7.95. The molecule has 4 N–H and O–H groups in total. The highest BCUT2D eigenvalue weighted by atomic mass is 16.5.